The van der Waals surface area contributed by atoms with Gasteiger partial charge in [-0.15, -0.1) is 35.9 Å². The van der Waals surface area contributed by atoms with Gasteiger partial charge in [-0.05, 0) is 36.7 Å². The second kappa shape index (κ2) is 9.82. The number of aliphatic hydroxyl groups excluding tert-OH is 1. The molecule has 4 aromatic rings. The van der Waals surface area contributed by atoms with E-state index in [0.717, 1.165) is 44.4 Å². The minimum atomic E-state index is -0.125. The number of allylic oxidation sites excluding steroid dienone is 2. The van der Waals surface area contributed by atoms with Crippen LogP contribution in [0.4, 0.5) is 0 Å². The van der Waals surface area contributed by atoms with Crippen molar-refractivity contribution in [2.24, 2.45) is 0 Å². The molecule has 0 fully saturated rings. The van der Waals surface area contributed by atoms with Gasteiger partial charge in [0.25, 0.3) is 0 Å². The van der Waals surface area contributed by atoms with Crippen LogP contribution in [-0.2, 0) is 24.9 Å². The van der Waals surface area contributed by atoms with Gasteiger partial charge >= 0.3 is 0 Å². The molecule has 4 nitrogen and oxygen atoms in total. The fourth-order valence-electron chi connectivity index (χ4n) is 3.72. The minimum Gasteiger partial charge on any atom is -0.512 e. The van der Waals surface area contributed by atoms with E-state index in [0.29, 0.717) is 0 Å². The molecule has 0 spiro atoms. The fraction of sp³-hybridized carbons (Fsp3) is 0.0741. The number of carbonyl (C=O) groups excluding carboxylic acids is 2. The first kappa shape index (κ1) is 23.3. The fourth-order valence-corrected chi connectivity index (χ4v) is 3.72. The molecule has 1 heterocycles. The van der Waals surface area contributed by atoms with Crippen LogP contribution in [0.2, 0.25) is 0 Å². The Morgan fingerprint density at radius 1 is 0.906 bits per heavy atom. The largest absolute Gasteiger partial charge is 0.512 e. The molecule has 5 heteroatoms. The molecule has 1 aromatic heterocycles. The van der Waals surface area contributed by atoms with Crippen molar-refractivity contribution < 1.29 is 34.8 Å². The first-order chi connectivity index (χ1) is 15.0. The van der Waals surface area contributed by atoms with Crippen molar-refractivity contribution in [2.75, 3.05) is 0 Å². The van der Waals surface area contributed by atoms with Crippen LogP contribution in [0.15, 0.2) is 84.6 Å². The van der Waals surface area contributed by atoms with Gasteiger partial charge in [-0.1, -0.05) is 42.5 Å². The third-order valence-corrected chi connectivity index (χ3v) is 4.96. The average Bonchev–Trinajstić information content (AvgIpc) is 3.06. The maximum Gasteiger partial charge on any atom is 0.194 e. The molecule has 0 amide bonds. The number of nitrogens with zero attached hydrogens (tertiary/aromatic N) is 1. The number of ketones is 2. The molecule has 1 radical (unpaired) electrons. The quantitative estimate of drug-likeness (QED) is 0.155. The Morgan fingerprint density at radius 3 is 2.25 bits per heavy atom. The van der Waals surface area contributed by atoms with Crippen LogP contribution >= 0.6 is 0 Å². The summed E-state index contributed by atoms with van der Waals surface area (Å²) in [7, 11) is 0. The summed E-state index contributed by atoms with van der Waals surface area (Å²) in [5.41, 5.74) is 6.22. The molecule has 0 aliphatic heterocycles. The monoisotopic (exact) mass is 599 g/mol. The van der Waals surface area contributed by atoms with Crippen LogP contribution in [0.1, 0.15) is 29.8 Å². The Hall–Kier alpha value is -3.40. The molecule has 1 aliphatic carbocycles. The summed E-state index contributed by atoms with van der Waals surface area (Å²) in [4.78, 5) is 27.6. The SMILES string of the molecule is CC(=O)/C=C(/C)O.O=C1c2ccccc2-c2ccc3nc(-c4[c-]cccc4)ccc3c21.[Ir]. The Kier molecular flexibility index (Phi) is 7.14. The van der Waals surface area contributed by atoms with E-state index in [4.69, 9.17) is 10.1 Å². The third kappa shape index (κ3) is 4.59. The molecule has 0 saturated carbocycles. The van der Waals surface area contributed by atoms with Crippen LogP contribution in [0, 0.1) is 6.07 Å². The number of pyridine rings is 1. The Balaban J connectivity index is 0.000000318. The van der Waals surface area contributed by atoms with Crippen molar-refractivity contribution in [3.05, 3.63) is 102 Å². The number of hydrogen-bond acceptors (Lipinski definition) is 4. The van der Waals surface area contributed by atoms with Gasteiger partial charge in [0.05, 0.1) is 11.3 Å². The van der Waals surface area contributed by atoms with Crippen molar-refractivity contribution in [2.45, 2.75) is 13.8 Å². The van der Waals surface area contributed by atoms with Gasteiger partial charge in [0.15, 0.2) is 11.6 Å². The predicted octanol–water partition coefficient (Wildman–Crippen LogP) is 5.95. The zero-order valence-corrected chi connectivity index (χ0v) is 19.9. The molecule has 0 unspecified atom stereocenters. The van der Waals surface area contributed by atoms with Gasteiger partial charge in [-0.3, -0.25) is 14.6 Å². The smallest absolute Gasteiger partial charge is 0.194 e. The van der Waals surface area contributed by atoms with Gasteiger partial charge in [-0.25, -0.2) is 0 Å². The summed E-state index contributed by atoms with van der Waals surface area (Å²) in [5, 5.41) is 9.27. The molecule has 0 saturated heterocycles. The molecule has 3 aromatic carbocycles. The van der Waals surface area contributed by atoms with Crippen molar-refractivity contribution in [3.63, 3.8) is 0 Å². The van der Waals surface area contributed by atoms with E-state index in [1.807, 2.05) is 72.8 Å². The molecule has 32 heavy (non-hydrogen) atoms. The number of benzene rings is 3. The maximum atomic E-state index is 12.8. The molecule has 1 N–H and O–H groups in total. The number of aliphatic hydroxyl groups is 1. The molecular formula is C27H20IrNO3-. The number of hydrogen-bond donors (Lipinski definition) is 1. The van der Waals surface area contributed by atoms with E-state index in [2.05, 4.69) is 6.07 Å². The van der Waals surface area contributed by atoms with Crippen LogP contribution in [-0.4, -0.2) is 21.7 Å². The van der Waals surface area contributed by atoms with Crippen molar-refractivity contribution in [1.82, 2.24) is 4.98 Å². The van der Waals surface area contributed by atoms with Gasteiger partial charge < -0.3 is 5.11 Å². The van der Waals surface area contributed by atoms with E-state index in [1.54, 1.807) is 0 Å². The summed E-state index contributed by atoms with van der Waals surface area (Å²) in [5.74, 6) is 0.0273. The van der Waals surface area contributed by atoms with Crippen LogP contribution in [0.5, 0.6) is 0 Å². The van der Waals surface area contributed by atoms with Crippen LogP contribution in [0.3, 0.4) is 0 Å². The first-order valence-corrected chi connectivity index (χ1v) is 9.88. The second-order valence-corrected chi connectivity index (χ2v) is 7.30. The maximum absolute atomic E-state index is 12.8. The Bertz CT molecular complexity index is 1340. The molecule has 0 atom stereocenters. The van der Waals surface area contributed by atoms with Crippen molar-refractivity contribution >= 4 is 22.5 Å². The summed E-state index contributed by atoms with van der Waals surface area (Å²) in [6.45, 7) is 2.85. The zero-order chi connectivity index (χ0) is 22.0. The van der Waals surface area contributed by atoms with E-state index >= 15 is 0 Å². The summed E-state index contributed by atoms with van der Waals surface area (Å²) < 4.78 is 0. The Labute approximate surface area is 200 Å². The topological polar surface area (TPSA) is 67.3 Å². The zero-order valence-electron chi connectivity index (χ0n) is 17.5. The van der Waals surface area contributed by atoms with E-state index in [1.165, 1.54) is 19.9 Å². The summed E-state index contributed by atoms with van der Waals surface area (Å²) >= 11 is 0. The third-order valence-electron chi connectivity index (χ3n) is 4.96. The number of carbonyl (C=O) groups is 2. The van der Waals surface area contributed by atoms with Gasteiger partial charge in [-0.2, -0.15) is 0 Å². The normalized spacial score (nSPS) is 11.7. The molecule has 161 valence electrons. The average molecular weight is 599 g/mol. The predicted molar refractivity (Wildman–Crippen MR) is 122 cm³/mol. The summed E-state index contributed by atoms with van der Waals surface area (Å²) in [6.07, 6.45) is 1.17. The van der Waals surface area contributed by atoms with Crippen molar-refractivity contribution in [3.8, 4) is 22.4 Å². The molecular weight excluding hydrogens is 579 g/mol. The van der Waals surface area contributed by atoms with E-state index < -0.39 is 0 Å². The minimum absolute atomic E-state index is 0. The standard InChI is InChI=1S/C22H12NO.C5H8O2.Ir/c24-22-17-9-5-4-8-15(17)16-10-13-20-18(21(16)22)11-12-19(23-20)14-6-2-1-3-7-14;1-4(6)3-5(2)7;/h1-6,8-13H;3,6H,1-2H3;/q-1;;/b;4-3-;. The van der Waals surface area contributed by atoms with Crippen LogP contribution in [0.25, 0.3) is 33.3 Å². The van der Waals surface area contributed by atoms with Gasteiger partial charge in [0.1, 0.15) is 0 Å². The molecule has 0 bridgehead atoms. The van der Waals surface area contributed by atoms with E-state index in [9.17, 15) is 9.59 Å². The number of fused-ring (bicyclic) bond motifs is 5. The molecule has 1 aliphatic rings. The van der Waals surface area contributed by atoms with Crippen molar-refractivity contribution in [1.29, 1.82) is 0 Å². The summed E-state index contributed by atoms with van der Waals surface area (Å²) in [6, 6.07) is 26.7. The molecule has 5 rings (SSSR count). The van der Waals surface area contributed by atoms with Crippen LogP contribution < -0.4 is 0 Å². The number of aromatic nitrogens is 1. The second-order valence-electron chi connectivity index (χ2n) is 7.30. The van der Waals surface area contributed by atoms with E-state index in [-0.39, 0.29) is 37.4 Å². The van der Waals surface area contributed by atoms with Gasteiger partial charge in [0.2, 0.25) is 0 Å². The first-order valence-electron chi connectivity index (χ1n) is 9.88. The van der Waals surface area contributed by atoms with Gasteiger partial charge in [0, 0.05) is 42.7 Å². The Morgan fingerprint density at radius 2 is 1.62 bits per heavy atom. The number of rotatable bonds is 2.